The van der Waals surface area contributed by atoms with Crippen LogP contribution in [0, 0.1) is 5.92 Å². The number of hydrogen-bond acceptors (Lipinski definition) is 8. The van der Waals surface area contributed by atoms with Gasteiger partial charge in [-0.05, 0) is 30.5 Å². The quantitative estimate of drug-likeness (QED) is 0.295. The summed E-state index contributed by atoms with van der Waals surface area (Å²) < 4.78 is 15.8. The Balaban J connectivity index is 2.18. The van der Waals surface area contributed by atoms with Gasteiger partial charge in [0.05, 0.1) is 43.0 Å². The maximum absolute atomic E-state index is 12.7. The van der Waals surface area contributed by atoms with Crippen LogP contribution in [0.1, 0.15) is 43.5 Å². The van der Waals surface area contributed by atoms with Crippen molar-refractivity contribution in [2.45, 2.75) is 44.7 Å². The van der Waals surface area contributed by atoms with E-state index in [0.717, 1.165) is 7.11 Å². The van der Waals surface area contributed by atoms with E-state index in [4.69, 9.17) is 32.5 Å². The lowest BCUT2D eigenvalue weighted by Crippen LogP contribution is -2.63. The van der Waals surface area contributed by atoms with Crippen molar-refractivity contribution in [2.24, 2.45) is 5.92 Å². The lowest BCUT2D eigenvalue weighted by Gasteiger charge is -2.39. The number of ether oxygens (including phenoxy) is 1. The van der Waals surface area contributed by atoms with E-state index in [0.29, 0.717) is 11.4 Å². The van der Waals surface area contributed by atoms with E-state index in [1.165, 1.54) is 25.2 Å². The molecule has 0 saturated carbocycles. The molecule has 3 N–H and O–H groups in total. The molecule has 1 aliphatic heterocycles. The molecule has 196 valence electrons. The number of esters is 1. The lowest BCUT2D eigenvalue weighted by atomic mass is 9.70. The van der Waals surface area contributed by atoms with Crippen molar-refractivity contribution in [3.8, 4) is 0 Å². The molecule has 2 atom stereocenters. The van der Waals surface area contributed by atoms with Crippen LogP contribution in [0.25, 0.3) is 0 Å². The molecule has 0 unspecified atom stereocenters. The number of methoxy groups -OCH3 is 1. The summed E-state index contributed by atoms with van der Waals surface area (Å²) in [4.78, 5) is 62.2. The van der Waals surface area contributed by atoms with Crippen LogP contribution in [-0.2, 0) is 33.2 Å². The van der Waals surface area contributed by atoms with E-state index in [1.807, 2.05) is 13.8 Å². The maximum Gasteiger partial charge on any atom is 0.552 e. The third-order valence-corrected chi connectivity index (χ3v) is 5.87. The first-order valence-corrected chi connectivity index (χ1v) is 11.8. The Hall–Kier alpha value is -2.83. The van der Waals surface area contributed by atoms with E-state index < -0.39 is 67.7 Å². The Morgan fingerprint density at radius 3 is 2.53 bits per heavy atom. The summed E-state index contributed by atoms with van der Waals surface area (Å²) >= 11 is 11.9. The molecule has 0 aromatic heterocycles. The Morgan fingerprint density at radius 2 is 1.92 bits per heavy atom. The molecule has 1 aromatic carbocycles. The fraction of sp³-hybridized carbons (Fsp3) is 0.500. The van der Waals surface area contributed by atoms with Gasteiger partial charge in [0, 0.05) is 12.1 Å². The molecular formula is C22H28BCl2N3O8. The summed E-state index contributed by atoms with van der Waals surface area (Å²) in [6, 6.07) is 4.35. The molecule has 0 spiro atoms. The van der Waals surface area contributed by atoms with Crippen LogP contribution in [0.5, 0.6) is 0 Å². The number of nitrogens with one attached hydrogen (secondary N) is 3. The maximum atomic E-state index is 12.7. The first kappa shape index (κ1) is 29.4. The minimum atomic E-state index is -1.88. The molecule has 0 aliphatic carbocycles. The predicted molar refractivity (Wildman–Crippen MR) is 131 cm³/mol. The molecule has 0 bridgehead atoms. The molecule has 1 aromatic rings. The van der Waals surface area contributed by atoms with Crippen LogP contribution in [0.2, 0.25) is 10.0 Å². The van der Waals surface area contributed by atoms with Crippen LogP contribution < -0.4 is 16.0 Å². The summed E-state index contributed by atoms with van der Waals surface area (Å²) in [6.07, 6.45) is -0.759. The van der Waals surface area contributed by atoms with E-state index in [-0.39, 0.29) is 16.5 Å². The number of halogens is 2. The summed E-state index contributed by atoms with van der Waals surface area (Å²) in [6.45, 7) is 3.31. The van der Waals surface area contributed by atoms with Crippen molar-refractivity contribution in [1.82, 2.24) is 16.0 Å². The van der Waals surface area contributed by atoms with Crippen LogP contribution in [0.3, 0.4) is 0 Å². The largest absolute Gasteiger partial charge is 0.552 e. The molecule has 36 heavy (non-hydrogen) atoms. The highest BCUT2D eigenvalue weighted by molar-refractivity contribution is 6.50. The van der Waals surface area contributed by atoms with Crippen LogP contribution in [0.4, 0.5) is 0 Å². The van der Waals surface area contributed by atoms with Gasteiger partial charge in [-0.1, -0.05) is 37.0 Å². The topological polar surface area (TPSA) is 149 Å². The van der Waals surface area contributed by atoms with Crippen molar-refractivity contribution < 1.29 is 38.0 Å². The third-order valence-electron chi connectivity index (χ3n) is 5.30. The molecule has 14 heteroatoms. The van der Waals surface area contributed by atoms with Gasteiger partial charge < -0.3 is 30.0 Å². The zero-order chi connectivity index (χ0) is 27.0. The molecule has 0 radical (unpaired) electrons. The highest BCUT2D eigenvalue weighted by atomic mass is 35.5. The molecule has 1 aliphatic rings. The second-order valence-corrected chi connectivity index (χ2v) is 9.43. The van der Waals surface area contributed by atoms with Crippen molar-refractivity contribution in [1.29, 1.82) is 0 Å². The number of benzene rings is 1. The van der Waals surface area contributed by atoms with Gasteiger partial charge in [0.2, 0.25) is 5.91 Å². The summed E-state index contributed by atoms with van der Waals surface area (Å²) in [5.74, 6) is -4.38. The van der Waals surface area contributed by atoms with E-state index in [2.05, 4.69) is 20.7 Å². The van der Waals surface area contributed by atoms with Gasteiger partial charge in [-0.2, -0.15) is 0 Å². The summed E-state index contributed by atoms with van der Waals surface area (Å²) in [5.41, 5.74) is -1.78. The van der Waals surface area contributed by atoms with Crippen molar-refractivity contribution in [2.75, 3.05) is 20.7 Å². The number of carbonyl (C=O) groups excluding carboxylic acids is 5. The van der Waals surface area contributed by atoms with Gasteiger partial charge in [-0.25, -0.2) is 0 Å². The zero-order valence-electron chi connectivity index (χ0n) is 20.3. The smallest absolute Gasteiger partial charge is 0.508 e. The fourth-order valence-corrected chi connectivity index (χ4v) is 4.01. The van der Waals surface area contributed by atoms with Gasteiger partial charge in [-0.3, -0.25) is 24.0 Å². The molecule has 3 amide bonds. The minimum Gasteiger partial charge on any atom is -0.508 e. The average molecular weight is 544 g/mol. The highest BCUT2D eigenvalue weighted by Crippen LogP contribution is 2.30. The number of rotatable bonds is 10. The van der Waals surface area contributed by atoms with Gasteiger partial charge in [0.15, 0.2) is 5.60 Å². The Labute approximate surface area is 219 Å². The average Bonchev–Trinajstić information content (AvgIpc) is 2.82. The first-order valence-electron chi connectivity index (χ1n) is 11.1. The second kappa shape index (κ2) is 12.9. The van der Waals surface area contributed by atoms with Gasteiger partial charge in [-0.15, -0.1) is 0 Å². The van der Waals surface area contributed by atoms with Gasteiger partial charge in [0.1, 0.15) is 0 Å². The zero-order valence-corrected chi connectivity index (χ0v) is 21.8. The summed E-state index contributed by atoms with van der Waals surface area (Å²) in [7, 11) is 1.10. The second-order valence-electron chi connectivity index (χ2n) is 8.59. The molecule has 1 fully saturated rings. The van der Waals surface area contributed by atoms with Crippen LogP contribution in [-0.4, -0.2) is 69.0 Å². The fourth-order valence-electron chi connectivity index (χ4n) is 3.64. The molecule has 11 nitrogen and oxygen atoms in total. The summed E-state index contributed by atoms with van der Waals surface area (Å²) in [5, 5.41) is 7.97. The first-order chi connectivity index (χ1) is 16.9. The predicted octanol–water partition coefficient (Wildman–Crippen LogP) is 1.29. The van der Waals surface area contributed by atoms with Gasteiger partial charge in [0.25, 0.3) is 17.8 Å². The Bertz CT molecular complexity index is 1030. The minimum absolute atomic E-state index is 0.00870. The van der Waals surface area contributed by atoms with E-state index in [9.17, 15) is 24.0 Å². The van der Waals surface area contributed by atoms with Crippen molar-refractivity contribution >= 4 is 60.0 Å². The third kappa shape index (κ3) is 7.84. The standard InChI is InChI=1S/C22H28BCl2N3O8/c1-12(2)7-16(28-17(29)11-27-20(32)14-8-13(24)5-6-15(14)25)23-35-19(31)10-22(36-23,21(33)26-3)9-18(30)34-4/h5-6,8,12,16H,7,9-11H2,1-4H3,(H,26,33)(H,27,32)(H,28,29)/t16-,22-/m0/s1. The van der Waals surface area contributed by atoms with E-state index >= 15 is 0 Å². The number of likely N-dealkylation sites (N-methyl/N-ethyl adjacent to an activating group) is 1. The molecular weight excluding hydrogens is 516 g/mol. The molecule has 1 heterocycles. The SMILES string of the molecule is CNC(=O)[C@]1(CC(=O)OC)CC(=O)OB([C@H](CC(C)C)NC(=O)CNC(=O)c2cc(Cl)ccc2Cl)O1. The molecule has 1 saturated heterocycles. The van der Waals surface area contributed by atoms with Crippen molar-refractivity contribution in [3.05, 3.63) is 33.8 Å². The van der Waals surface area contributed by atoms with E-state index in [1.54, 1.807) is 0 Å². The number of amides is 3. The van der Waals surface area contributed by atoms with Crippen LogP contribution in [0.15, 0.2) is 18.2 Å². The van der Waals surface area contributed by atoms with Gasteiger partial charge >= 0.3 is 13.1 Å². The normalized spacial score (nSPS) is 18.2. The Kier molecular flexibility index (Phi) is 10.6. The Morgan fingerprint density at radius 1 is 1.22 bits per heavy atom. The molecule has 2 rings (SSSR count). The highest BCUT2D eigenvalue weighted by Gasteiger charge is 2.54. The number of hydrogen-bond donors (Lipinski definition) is 3. The lowest BCUT2D eigenvalue weighted by molar-refractivity contribution is -0.165. The van der Waals surface area contributed by atoms with Crippen molar-refractivity contribution in [3.63, 3.8) is 0 Å². The number of carbonyl (C=O) groups is 5. The monoisotopic (exact) mass is 543 g/mol. The van der Waals surface area contributed by atoms with Crippen LogP contribution >= 0.6 is 23.2 Å².